The minimum Gasteiger partial charge on any atom is -0.326 e. The van der Waals surface area contributed by atoms with E-state index in [-0.39, 0.29) is 5.91 Å². The summed E-state index contributed by atoms with van der Waals surface area (Å²) in [4.78, 5) is 12.4. The van der Waals surface area contributed by atoms with Gasteiger partial charge in [-0.15, -0.1) is 22.0 Å². The van der Waals surface area contributed by atoms with Crippen molar-refractivity contribution < 1.29 is 4.79 Å². The van der Waals surface area contributed by atoms with Crippen LogP contribution < -0.4 is 5.32 Å². The topological polar surface area (TPSA) is 54.9 Å². The molecule has 1 aromatic heterocycles. The van der Waals surface area contributed by atoms with Crippen molar-refractivity contribution >= 4 is 23.4 Å². The van der Waals surface area contributed by atoms with Crippen LogP contribution in [0.15, 0.2) is 65.7 Å². The molecule has 3 aromatic rings. The Morgan fingerprint density at radius 2 is 1.88 bits per heavy atom. The lowest BCUT2D eigenvalue weighted by atomic mass is 10.1. The Morgan fingerprint density at radius 3 is 2.62 bits per heavy atom. The fraction of sp³-hybridized carbons (Fsp3) is 0.190. The van der Waals surface area contributed by atoms with Crippen LogP contribution in [0.5, 0.6) is 0 Å². The van der Waals surface area contributed by atoms with Crippen molar-refractivity contribution in [3.8, 4) is 11.3 Å². The Morgan fingerprint density at radius 1 is 1.04 bits per heavy atom. The molecule has 1 amide bonds. The summed E-state index contributed by atoms with van der Waals surface area (Å²) in [5.74, 6) is 0.938. The minimum absolute atomic E-state index is 0.0303. The van der Waals surface area contributed by atoms with Crippen LogP contribution in [0.25, 0.3) is 11.3 Å². The van der Waals surface area contributed by atoms with Gasteiger partial charge in [0.2, 0.25) is 5.91 Å². The number of anilines is 1. The van der Waals surface area contributed by atoms with E-state index >= 15 is 0 Å². The van der Waals surface area contributed by atoms with E-state index in [1.165, 1.54) is 0 Å². The second-order valence-corrected chi connectivity index (χ2v) is 7.21. The number of aryl methyl sites for hydroxylation is 1. The first-order chi connectivity index (χ1) is 12.7. The highest BCUT2D eigenvalue weighted by Gasteiger charge is 2.08. The summed E-state index contributed by atoms with van der Waals surface area (Å²) in [6.45, 7) is 4.10. The predicted octanol–water partition coefficient (Wildman–Crippen LogP) is 4.75. The van der Waals surface area contributed by atoms with Gasteiger partial charge in [-0.05, 0) is 48.1 Å². The van der Waals surface area contributed by atoms with Gasteiger partial charge in [-0.25, -0.2) is 0 Å². The monoisotopic (exact) mass is 363 g/mol. The SMILES string of the molecule is CCSc1ccc(-c2cccc(NC(=O)Cc3ccccc3C)c2)nn1. The van der Waals surface area contributed by atoms with Crippen LogP contribution in [0, 0.1) is 6.92 Å². The van der Waals surface area contributed by atoms with E-state index in [1.807, 2.05) is 67.6 Å². The molecule has 26 heavy (non-hydrogen) atoms. The smallest absolute Gasteiger partial charge is 0.228 e. The minimum atomic E-state index is -0.0303. The Bertz CT molecular complexity index is 894. The van der Waals surface area contributed by atoms with E-state index in [9.17, 15) is 4.79 Å². The molecule has 0 spiro atoms. The Kier molecular flexibility index (Phi) is 6.02. The van der Waals surface area contributed by atoms with Gasteiger partial charge in [0, 0.05) is 11.3 Å². The molecule has 1 N–H and O–H groups in total. The number of carbonyl (C=O) groups excluding carboxylic acids is 1. The molecule has 0 saturated carbocycles. The highest BCUT2D eigenvalue weighted by Crippen LogP contribution is 2.22. The van der Waals surface area contributed by atoms with Crippen LogP contribution in [0.3, 0.4) is 0 Å². The Labute approximate surface area is 158 Å². The first-order valence-corrected chi connectivity index (χ1v) is 9.55. The lowest BCUT2D eigenvalue weighted by Crippen LogP contribution is -2.15. The van der Waals surface area contributed by atoms with E-state index in [0.29, 0.717) is 6.42 Å². The molecule has 0 aliphatic carbocycles. The maximum absolute atomic E-state index is 12.4. The quantitative estimate of drug-likeness (QED) is 0.643. The summed E-state index contributed by atoms with van der Waals surface area (Å²) in [6.07, 6.45) is 0.361. The van der Waals surface area contributed by atoms with Crippen molar-refractivity contribution in [3.63, 3.8) is 0 Å². The molecule has 3 rings (SSSR count). The summed E-state index contributed by atoms with van der Waals surface area (Å²) in [7, 11) is 0. The number of hydrogen-bond donors (Lipinski definition) is 1. The average Bonchev–Trinajstić information content (AvgIpc) is 2.65. The molecule has 5 heteroatoms. The molecule has 0 atom stereocenters. The number of aromatic nitrogens is 2. The molecule has 1 heterocycles. The molecule has 132 valence electrons. The number of benzene rings is 2. The average molecular weight is 363 g/mol. The first kappa shape index (κ1) is 18.1. The zero-order chi connectivity index (χ0) is 18.4. The molecule has 0 unspecified atom stereocenters. The first-order valence-electron chi connectivity index (χ1n) is 8.57. The van der Waals surface area contributed by atoms with Gasteiger partial charge in [0.1, 0.15) is 5.03 Å². The molecule has 2 aromatic carbocycles. The zero-order valence-corrected chi connectivity index (χ0v) is 15.7. The Balaban J connectivity index is 1.71. The van der Waals surface area contributed by atoms with Crippen LogP contribution in [-0.4, -0.2) is 21.9 Å². The molecular weight excluding hydrogens is 342 g/mol. The summed E-state index contributed by atoms with van der Waals surface area (Å²) < 4.78 is 0. The second-order valence-electron chi connectivity index (χ2n) is 5.92. The second kappa shape index (κ2) is 8.63. The van der Waals surface area contributed by atoms with E-state index in [1.54, 1.807) is 11.8 Å². The van der Waals surface area contributed by atoms with Crippen LogP contribution in [0.2, 0.25) is 0 Å². The Hall–Kier alpha value is -2.66. The molecule has 0 radical (unpaired) electrons. The summed E-state index contributed by atoms with van der Waals surface area (Å²) in [5.41, 5.74) is 4.64. The number of hydrogen-bond acceptors (Lipinski definition) is 4. The maximum Gasteiger partial charge on any atom is 0.228 e. The van der Waals surface area contributed by atoms with Gasteiger partial charge in [0.25, 0.3) is 0 Å². The van der Waals surface area contributed by atoms with E-state index < -0.39 is 0 Å². The van der Waals surface area contributed by atoms with Crippen LogP contribution in [-0.2, 0) is 11.2 Å². The lowest BCUT2D eigenvalue weighted by molar-refractivity contribution is -0.115. The normalized spacial score (nSPS) is 10.5. The maximum atomic E-state index is 12.4. The fourth-order valence-corrected chi connectivity index (χ4v) is 3.20. The fourth-order valence-electron chi connectivity index (χ4n) is 2.64. The van der Waals surface area contributed by atoms with E-state index in [4.69, 9.17) is 0 Å². The number of nitrogens with zero attached hydrogens (tertiary/aromatic N) is 2. The number of carbonyl (C=O) groups is 1. The molecule has 0 aliphatic heterocycles. The summed E-state index contributed by atoms with van der Waals surface area (Å²) >= 11 is 1.66. The number of nitrogens with one attached hydrogen (secondary N) is 1. The van der Waals surface area contributed by atoms with Crippen molar-refractivity contribution in [2.75, 3.05) is 11.1 Å². The third kappa shape index (κ3) is 4.70. The van der Waals surface area contributed by atoms with Crippen molar-refractivity contribution in [2.45, 2.75) is 25.3 Å². The van der Waals surface area contributed by atoms with Crippen molar-refractivity contribution in [2.24, 2.45) is 0 Å². The number of thioether (sulfide) groups is 1. The number of rotatable bonds is 6. The third-order valence-corrected chi connectivity index (χ3v) is 4.79. The van der Waals surface area contributed by atoms with Crippen LogP contribution in [0.1, 0.15) is 18.1 Å². The molecular formula is C21H21N3OS. The molecule has 0 fully saturated rings. The van der Waals surface area contributed by atoms with Crippen molar-refractivity contribution in [1.82, 2.24) is 10.2 Å². The van der Waals surface area contributed by atoms with Gasteiger partial charge in [0.05, 0.1) is 12.1 Å². The molecule has 4 nitrogen and oxygen atoms in total. The third-order valence-electron chi connectivity index (χ3n) is 3.99. The van der Waals surface area contributed by atoms with Gasteiger partial charge in [-0.1, -0.05) is 43.3 Å². The van der Waals surface area contributed by atoms with Crippen LogP contribution in [0.4, 0.5) is 5.69 Å². The lowest BCUT2D eigenvalue weighted by Gasteiger charge is -2.09. The molecule has 0 aliphatic rings. The standard InChI is InChI=1S/C21H21N3OS/c1-3-26-21-12-11-19(23-24-21)17-9-6-10-18(13-17)22-20(25)14-16-8-5-4-7-15(16)2/h4-13H,3,14H2,1-2H3,(H,22,25). The highest BCUT2D eigenvalue weighted by molar-refractivity contribution is 7.99. The van der Waals surface area contributed by atoms with E-state index in [2.05, 4.69) is 22.4 Å². The highest BCUT2D eigenvalue weighted by atomic mass is 32.2. The van der Waals surface area contributed by atoms with E-state index in [0.717, 1.165) is 38.9 Å². The van der Waals surface area contributed by atoms with Gasteiger partial charge >= 0.3 is 0 Å². The van der Waals surface area contributed by atoms with Crippen LogP contribution >= 0.6 is 11.8 Å². The zero-order valence-electron chi connectivity index (χ0n) is 14.9. The van der Waals surface area contributed by atoms with Gasteiger partial charge in [-0.2, -0.15) is 0 Å². The largest absolute Gasteiger partial charge is 0.326 e. The number of amides is 1. The van der Waals surface area contributed by atoms with Gasteiger partial charge < -0.3 is 5.32 Å². The summed E-state index contributed by atoms with van der Waals surface area (Å²) in [5, 5.41) is 12.4. The summed E-state index contributed by atoms with van der Waals surface area (Å²) in [6, 6.07) is 19.5. The van der Waals surface area contributed by atoms with Crippen molar-refractivity contribution in [1.29, 1.82) is 0 Å². The van der Waals surface area contributed by atoms with Crippen molar-refractivity contribution in [3.05, 3.63) is 71.8 Å². The molecule has 0 saturated heterocycles. The predicted molar refractivity (Wildman–Crippen MR) is 107 cm³/mol. The molecule has 0 bridgehead atoms. The van der Waals surface area contributed by atoms with Gasteiger partial charge in [-0.3, -0.25) is 4.79 Å². The van der Waals surface area contributed by atoms with Gasteiger partial charge in [0.15, 0.2) is 0 Å².